The monoisotopic (exact) mass is 303 g/mol. The average molecular weight is 303 g/mol. The van der Waals surface area contributed by atoms with Crippen molar-refractivity contribution >= 4 is 35.1 Å². The number of hydrogen-bond donors (Lipinski definition) is 1. The summed E-state index contributed by atoms with van der Waals surface area (Å²) in [5.41, 5.74) is 1.61. The second kappa shape index (κ2) is 6.28. The Morgan fingerprint density at radius 2 is 1.75 bits per heavy atom. The molecule has 6 heteroatoms. The zero-order valence-electron chi connectivity index (χ0n) is 10.7. The Morgan fingerprint density at radius 1 is 1.10 bits per heavy atom. The zero-order valence-corrected chi connectivity index (χ0v) is 12.3. The largest absolute Gasteiger partial charge is 0.322 e. The van der Waals surface area contributed by atoms with Gasteiger partial charge in [-0.1, -0.05) is 30.3 Å². The molecule has 1 N–H and O–H groups in total. The summed E-state index contributed by atoms with van der Waals surface area (Å²) in [6.07, 6.45) is 3.30. The minimum absolute atomic E-state index is 0.0104. The lowest BCUT2D eigenvalue weighted by Gasteiger charge is -2.09. The molecule has 0 radical (unpaired) electrons. The van der Waals surface area contributed by atoms with Crippen LogP contribution in [-0.2, 0) is 4.79 Å². The third-order valence-corrected chi connectivity index (χ3v) is 5.78. The zero-order chi connectivity index (χ0) is 13.8. The predicted octanol–water partition coefficient (Wildman–Crippen LogP) is 2.89. The van der Waals surface area contributed by atoms with Crippen LogP contribution in [0.15, 0.2) is 42.7 Å². The summed E-state index contributed by atoms with van der Waals surface area (Å²) >= 11 is 3.36. The molecule has 1 aliphatic rings. The number of carbonyl (C=O) groups excluding carboxylic acids is 1. The van der Waals surface area contributed by atoms with E-state index in [0.29, 0.717) is 11.5 Å². The lowest BCUT2D eigenvalue weighted by atomic mass is 10.2. The molecular weight excluding hydrogens is 290 g/mol. The molecule has 1 aromatic carbocycles. The highest BCUT2D eigenvalue weighted by atomic mass is 32.2. The van der Waals surface area contributed by atoms with Gasteiger partial charge >= 0.3 is 0 Å². The van der Waals surface area contributed by atoms with Crippen molar-refractivity contribution in [2.75, 3.05) is 16.8 Å². The van der Waals surface area contributed by atoms with Gasteiger partial charge in [-0.15, -0.1) is 23.5 Å². The summed E-state index contributed by atoms with van der Waals surface area (Å²) in [6, 6.07) is 9.76. The number of benzene rings is 1. The molecule has 1 aromatic heterocycles. The van der Waals surface area contributed by atoms with Crippen LogP contribution < -0.4 is 5.32 Å². The van der Waals surface area contributed by atoms with E-state index >= 15 is 0 Å². The van der Waals surface area contributed by atoms with Gasteiger partial charge in [0.2, 0.25) is 5.91 Å². The number of aromatic nitrogens is 2. The van der Waals surface area contributed by atoms with Crippen molar-refractivity contribution < 1.29 is 4.79 Å². The number of nitrogens with one attached hydrogen (secondary N) is 1. The number of carbonyl (C=O) groups is 1. The van der Waals surface area contributed by atoms with E-state index in [1.54, 1.807) is 35.9 Å². The summed E-state index contributed by atoms with van der Waals surface area (Å²) in [4.78, 5) is 20.5. The highest BCUT2D eigenvalue weighted by Crippen LogP contribution is 2.32. The van der Waals surface area contributed by atoms with Gasteiger partial charge in [0.05, 0.1) is 18.1 Å². The van der Waals surface area contributed by atoms with Crippen molar-refractivity contribution in [3.8, 4) is 11.4 Å². The van der Waals surface area contributed by atoms with E-state index in [1.165, 1.54) is 0 Å². The number of thioether (sulfide) groups is 2. The van der Waals surface area contributed by atoms with Crippen molar-refractivity contribution in [3.05, 3.63) is 42.7 Å². The van der Waals surface area contributed by atoms with Crippen molar-refractivity contribution in [1.29, 1.82) is 0 Å². The molecule has 0 spiro atoms. The summed E-state index contributed by atoms with van der Waals surface area (Å²) in [5.74, 6) is 2.75. The van der Waals surface area contributed by atoms with Crippen molar-refractivity contribution in [2.45, 2.75) is 4.58 Å². The normalized spacial score (nSPS) is 15.2. The van der Waals surface area contributed by atoms with Gasteiger partial charge in [-0.3, -0.25) is 4.79 Å². The van der Waals surface area contributed by atoms with E-state index in [1.807, 2.05) is 30.3 Å². The van der Waals surface area contributed by atoms with Crippen LogP contribution in [0.1, 0.15) is 0 Å². The van der Waals surface area contributed by atoms with Crippen LogP contribution in [0.4, 0.5) is 5.69 Å². The van der Waals surface area contributed by atoms with Crippen LogP contribution >= 0.6 is 23.5 Å². The summed E-state index contributed by atoms with van der Waals surface area (Å²) in [5, 5.41) is 2.86. The molecule has 1 amide bonds. The van der Waals surface area contributed by atoms with Crippen molar-refractivity contribution in [3.63, 3.8) is 0 Å². The van der Waals surface area contributed by atoms with Crippen molar-refractivity contribution in [1.82, 2.24) is 9.97 Å². The van der Waals surface area contributed by atoms with Gasteiger partial charge in [-0.25, -0.2) is 9.97 Å². The maximum atomic E-state index is 12.0. The molecule has 4 nitrogen and oxygen atoms in total. The number of nitrogens with zero attached hydrogens (tertiary/aromatic N) is 2. The Kier molecular flexibility index (Phi) is 4.22. The van der Waals surface area contributed by atoms with Gasteiger partial charge in [0.25, 0.3) is 0 Å². The lowest BCUT2D eigenvalue weighted by Crippen LogP contribution is -2.20. The Bertz CT molecular complexity index is 583. The van der Waals surface area contributed by atoms with Gasteiger partial charge in [0.1, 0.15) is 4.58 Å². The van der Waals surface area contributed by atoms with Crippen LogP contribution in [0.25, 0.3) is 11.4 Å². The summed E-state index contributed by atoms with van der Waals surface area (Å²) in [6.45, 7) is 0. The first-order valence-corrected chi connectivity index (χ1v) is 8.34. The quantitative estimate of drug-likeness (QED) is 0.945. The van der Waals surface area contributed by atoms with Gasteiger partial charge in [0.15, 0.2) is 5.82 Å². The van der Waals surface area contributed by atoms with Crippen LogP contribution in [0.3, 0.4) is 0 Å². The molecule has 102 valence electrons. The Hall–Kier alpha value is -1.53. The third-order valence-electron chi connectivity index (χ3n) is 2.79. The van der Waals surface area contributed by atoms with E-state index < -0.39 is 0 Å². The molecule has 2 aromatic rings. The maximum Gasteiger partial charge on any atom is 0.247 e. The summed E-state index contributed by atoms with van der Waals surface area (Å²) in [7, 11) is 0. The molecular formula is C14H13N3OS2. The molecule has 1 saturated heterocycles. The SMILES string of the molecule is O=C(Nc1cnc(-c2ccccc2)nc1)C1SCCS1. The Morgan fingerprint density at radius 3 is 2.40 bits per heavy atom. The number of amides is 1. The number of rotatable bonds is 3. The third kappa shape index (κ3) is 3.13. The van der Waals surface area contributed by atoms with Crippen LogP contribution in [0.2, 0.25) is 0 Å². The second-order valence-corrected chi connectivity index (χ2v) is 6.95. The van der Waals surface area contributed by atoms with Crippen molar-refractivity contribution in [2.24, 2.45) is 0 Å². The molecule has 0 bridgehead atoms. The predicted molar refractivity (Wildman–Crippen MR) is 84.8 cm³/mol. The Balaban J connectivity index is 1.68. The molecule has 1 aliphatic heterocycles. The summed E-state index contributed by atoms with van der Waals surface area (Å²) < 4.78 is -0.0104. The fourth-order valence-corrected chi connectivity index (χ4v) is 4.42. The molecule has 0 unspecified atom stereocenters. The van der Waals surface area contributed by atoms with Gasteiger partial charge < -0.3 is 5.32 Å². The van der Waals surface area contributed by atoms with Crippen LogP contribution in [-0.4, -0.2) is 32.0 Å². The van der Waals surface area contributed by atoms with E-state index in [2.05, 4.69) is 15.3 Å². The second-order valence-electron chi connectivity index (χ2n) is 4.22. The lowest BCUT2D eigenvalue weighted by molar-refractivity contribution is -0.114. The average Bonchev–Trinajstić information content (AvgIpc) is 3.03. The molecule has 20 heavy (non-hydrogen) atoms. The first-order valence-electron chi connectivity index (χ1n) is 6.24. The number of anilines is 1. The minimum atomic E-state index is -0.0104. The number of hydrogen-bond acceptors (Lipinski definition) is 5. The molecule has 3 rings (SSSR count). The fourth-order valence-electron chi connectivity index (χ4n) is 1.84. The maximum absolute atomic E-state index is 12.0. The topological polar surface area (TPSA) is 54.9 Å². The fraction of sp³-hybridized carbons (Fsp3) is 0.214. The van der Waals surface area contributed by atoms with Gasteiger partial charge in [-0.05, 0) is 0 Å². The molecule has 0 aliphatic carbocycles. The molecule has 0 saturated carbocycles. The van der Waals surface area contributed by atoms with E-state index in [9.17, 15) is 4.79 Å². The van der Waals surface area contributed by atoms with Gasteiger partial charge in [-0.2, -0.15) is 0 Å². The van der Waals surface area contributed by atoms with E-state index in [4.69, 9.17) is 0 Å². The minimum Gasteiger partial charge on any atom is -0.322 e. The Labute approximate surface area is 125 Å². The van der Waals surface area contributed by atoms with Crippen LogP contribution in [0, 0.1) is 0 Å². The van der Waals surface area contributed by atoms with Crippen LogP contribution in [0.5, 0.6) is 0 Å². The molecule has 1 fully saturated rings. The van der Waals surface area contributed by atoms with E-state index in [-0.39, 0.29) is 10.5 Å². The first-order chi connectivity index (χ1) is 9.83. The molecule has 2 heterocycles. The highest BCUT2D eigenvalue weighted by molar-refractivity contribution is 8.21. The smallest absolute Gasteiger partial charge is 0.247 e. The molecule has 0 atom stereocenters. The van der Waals surface area contributed by atoms with E-state index in [0.717, 1.165) is 17.1 Å². The van der Waals surface area contributed by atoms with Gasteiger partial charge in [0, 0.05) is 17.1 Å². The highest BCUT2D eigenvalue weighted by Gasteiger charge is 2.24. The first kappa shape index (κ1) is 13.5. The standard InChI is InChI=1S/C14H13N3OS2/c18-13(14-19-6-7-20-14)17-11-8-15-12(16-9-11)10-4-2-1-3-5-10/h1-5,8-9,14H,6-7H2,(H,17,18).